The zero-order chi connectivity index (χ0) is 8.95. The standard InChI is InChI=1S/C3H3N3.C3H8.C2H6.2CH4/c1-4-2-6-3-5-1;1-3-2;1-2;;/h1-3H;3H2,1-2H3;1-2H3;2*1H4. The van der Waals surface area contributed by atoms with E-state index in [0.717, 1.165) is 0 Å². The van der Waals surface area contributed by atoms with Gasteiger partial charge in [-0.3, -0.25) is 0 Å². The van der Waals surface area contributed by atoms with Crippen molar-refractivity contribution < 1.29 is 0 Å². The molecule has 0 bridgehead atoms. The third kappa shape index (κ3) is 35.6. The summed E-state index contributed by atoms with van der Waals surface area (Å²) >= 11 is 0. The molecule has 0 fully saturated rings. The van der Waals surface area contributed by atoms with Crippen molar-refractivity contribution in [3.63, 3.8) is 0 Å². The molecule has 13 heavy (non-hydrogen) atoms. The quantitative estimate of drug-likeness (QED) is 0.623. The maximum absolute atomic E-state index is 3.56. The van der Waals surface area contributed by atoms with Crippen molar-refractivity contribution in [2.75, 3.05) is 0 Å². The molecule has 3 heteroatoms. The molecular weight excluding hydrogens is 162 g/mol. The number of hydrogen-bond donors (Lipinski definition) is 0. The van der Waals surface area contributed by atoms with Crippen LogP contribution in [0.2, 0.25) is 0 Å². The van der Waals surface area contributed by atoms with Crippen molar-refractivity contribution in [1.82, 2.24) is 15.0 Å². The van der Waals surface area contributed by atoms with Gasteiger partial charge in [0.15, 0.2) is 0 Å². The molecule has 1 aromatic heterocycles. The minimum absolute atomic E-state index is 0. The molecule has 0 amide bonds. The van der Waals surface area contributed by atoms with Crippen LogP contribution in [0.5, 0.6) is 0 Å². The fraction of sp³-hybridized carbons (Fsp3) is 0.700. The van der Waals surface area contributed by atoms with E-state index in [1.807, 2.05) is 13.8 Å². The Morgan fingerprint density at radius 3 is 1.00 bits per heavy atom. The first-order valence-electron chi connectivity index (χ1n) is 3.96. The summed E-state index contributed by atoms with van der Waals surface area (Å²) < 4.78 is 0. The van der Waals surface area contributed by atoms with Gasteiger partial charge in [0.05, 0.1) is 0 Å². The Morgan fingerprint density at radius 1 is 0.769 bits per heavy atom. The second-order valence-electron chi connectivity index (χ2n) is 1.50. The normalized spacial score (nSPS) is 5.54. The summed E-state index contributed by atoms with van der Waals surface area (Å²) in [4.78, 5) is 10.7. The van der Waals surface area contributed by atoms with Gasteiger partial charge >= 0.3 is 0 Å². The van der Waals surface area contributed by atoms with Crippen molar-refractivity contribution in [3.8, 4) is 0 Å². The molecule has 0 atom stereocenters. The highest BCUT2D eigenvalue weighted by molar-refractivity contribution is 4.51. The van der Waals surface area contributed by atoms with E-state index in [0.29, 0.717) is 0 Å². The first kappa shape index (κ1) is 22.7. The van der Waals surface area contributed by atoms with Gasteiger partial charge in [-0.1, -0.05) is 49.0 Å². The summed E-state index contributed by atoms with van der Waals surface area (Å²) in [6.07, 6.45) is 5.56. The van der Waals surface area contributed by atoms with Crippen LogP contribution in [0.3, 0.4) is 0 Å². The van der Waals surface area contributed by atoms with Crippen LogP contribution in [0.15, 0.2) is 19.0 Å². The van der Waals surface area contributed by atoms with Crippen LogP contribution < -0.4 is 0 Å². The van der Waals surface area contributed by atoms with Crippen molar-refractivity contribution in [1.29, 1.82) is 0 Å². The molecular formula is C10H25N3. The molecule has 3 nitrogen and oxygen atoms in total. The predicted molar refractivity (Wildman–Crippen MR) is 60.6 cm³/mol. The van der Waals surface area contributed by atoms with Crippen LogP contribution in [-0.4, -0.2) is 15.0 Å². The third-order valence-corrected chi connectivity index (χ3v) is 0.400. The maximum Gasteiger partial charge on any atom is 0.119 e. The van der Waals surface area contributed by atoms with E-state index < -0.39 is 0 Å². The lowest BCUT2D eigenvalue weighted by atomic mass is 10.6. The minimum Gasteiger partial charge on any atom is -0.225 e. The van der Waals surface area contributed by atoms with Gasteiger partial charge < -0.3 is 0 Å². The maximum atomic E-state index is 3.56. The van der Waals surface area contributed by atoms with E-state index in [4.69, 9.17) is 0 Å². The molecule has 80 valence electrons. The monoisotopic (exact) mass is 187 g/mol. The Bertz CT molecular complexity index is 93.0. The van der Waals surface area contributed by atoms with Crippen LogP contribution in [-0.2, 0) is 0 Å². The van der Waals surface area contributed by atoms with Crippen LogP contribution in [0.1, 0.15) is 49.0 Å². The lowest BCUT2D eigenvalue weighted by Gasteiger charge is -1.69. The van der Waals surface area contributed by atoms with E-state index in [1.165, 1.54) is 25.4 Å². The van der Waals surface area contributed by atoms with Crippen LogP contribution in [0, 0.1) is 0 Å². The molecule has 1 aromatic rings. The Morgan fingerprint density at radius 2 is 0.923 bits per heavy atom. The predicted octanol–water partition coefficient (Wildman–Crippen LogP) is 3.59. The van der Waals surface area contributed by atoms with Crippen LogP contribution in [0.25, 0.3) is 0 Å². The van der Waals surface area contributed by atoms with Gasteiger partial charge in [-0.25, -0.2) is 15.0 Å². The highest BCUT2D eigenvalue weighted by atomic mass is 14.9. The average Bonchev–Trinajstić information content (AvgIpc) is 2.12. The fourth-order valence-electron chi connectivity index (χ4n) is 0.205. The van der Waals surface area contributed by atoms with Crippen molar-refractivity contribution in [2.24, 2.45) is 0 Å². The number of aromatic nitrogens is 3. The first-order valence-corrected chi connectivity index (χ1v) is 3.96. The molecule has 0 aliphatic carbocycles. The molecule has 0 spiro atoms. The average molecular weight is 187 g/mol. The smallest absolute Gasteiger partial charge is 0.119 e. The summed E-state index contributed by atoms with van der Waals surface area (Å²) in [7, 11) is 0. The van der Waals surface area contributed by atoms with Crippen LogP contribution >= 0.6 is 0 Å². The zero-order valence-corrected chi connectivity index (χ0v) is 7.78. The summed E-state index contributed by atoms with van der Waals surface area (Å²) in [5.41, 5.74) is 0. The second kappa shape index (κ2) is 30.5. The van der Waals surface area contributed by atoms with E-state index in [-0.39, 0.29) is 14.9 Å². The third-order valence-electron chi connectivity index (χ3n) is 0.400. The topological polar surface area (TPSA) is 38.7 Å². The van der Waals surface area contributed by atoms with E-state index in [9.17, 15) is 0 Å². The number of hydrogen-bond acceptors (Lipinski definition) is 3. The molecule has 0 aromatic carbocycles. The SMILES string of the molecule is C.C.CC.CCC.c1ncncn1. The zero-order valence-electron chi connectivity index (χ0n) is 7.78. The van der Waals surface area contributed by atoms with Crippen molar-refractivity contribution in [3.05, 3.63) is 19.0 Å². The summed E-state index contributed by atoms with van der Waals surface area (Å²) in [5, 5.41) is 0. The highest BCUT2D eigenvalue weighted by Gasteiger charge is 1.59. The van der Waals surface area contributed by atoms with Gasteiger partial charge in [0.2, 0.25) is 0 Å². The summed E-state index contributed by atoms with van der Waals surface area (Å²) in [6, 6.07) is 0. The Labute approximate surface area is 83.7 Å². The van der Waals surface area contributed by atoms with Crippen molar-refractivity contribution >= 4 is 0 Å². The molecule has 1 rings (SSSR count). The molecule has 0 radical (unpaired) electrons. The fourth-order valence-corrected chi connectivity index (χ4v) is 0.205. The summed E-state index contributed by atoms with van der Waals surface area (Å²) in [6.45, 7) is 8.25. The van der Waals surface area contributed by atoms with Gasteiger partial charge in [-0.2, -0.15) is 0 Å². The van der Waals surface area contributed by atoms with Crippen LogP contribution in [0.4, 0.5) is 0 Å². The first-order chi connectivity index (χ1) is 5.41. The number of rotatable bonds is 0. The number of nitrogens with zero attached hydrogens (tertiary/aromatic N) is 3. The summed E-state index contributed by atoms with van der Waals surface area (Å²) in [5.74, 6) is 0. The van der Waals surface area contributed by atoms with Gasteiger partial charge in [0.1, 0.15) is 19.0 Å². The lowest BCUT2D eigenvalue weighted by Crippen LogP contribution is -1.73. The highest BCUT2D eigenvalue weighted by Crippen LogP contribution is 1.57. The minimum atomic E-state index is 0. The van der Waals surface area contributed by atoms with E-state index in [1.54, 1.807) is 0 Å². The van der Waals surface area contributed by atoms with Crippen molar-refractivity contribution in [2.45, 2.75) is 49.0 Å². The van der Waals surface area contributed by atoms with E-state index >= 15 is 0 Å². The van der Waals surface area contributed by atoms with Gasteiger partial charge in [0, 0.05) is 0 Å². The van der Waals surface area contributed by atoms with Gasteiger partial charge in [0.25, 0.3) is 0 Å². The molecule has 0 unspecified atom stereocenters. The molecule has 1 heterocycles. The molecule has 0 aliphatic heterocycles. The second-order valence-corrected chi connectivity index (χ2v) is 1.50. The van der Waals surface area contributed by atoms with E-state index in [2.05, 4.69) is 28.8 Å². The largest absolute Gasteiger partial charge is 0.225 e. The molecule has 0 N–H and O–H groups in total. The Hall–Kier alpha value is -0.990. The Kier molecular flexibility index (Phi) is 53.3. The van der Waals surface area contributed by atoms with Gasteiger partial charge in [-0.15, -0.1) is 0 Å². The van der Waals surface area contributed by atoms with Gasteiger partial charge in [-0.05, 0) is 0 Å². The molecule has 0 saturated heterocycles. The lowest BCUT2D eigenvalue weighted by molar-refractivity contribution is 1.05. The Balaban J connectivity index is -0.0000000517. The molecule has 0 saturated carbocycles. The molecule has 0 aliphatic rings.